The number of furan rings is 1. The van der Waals surface area contributed by atoms with E-state index in [1.54, 1.807) is 24.5 Å². The van der Waals surface area contributed by atoms with Crippen molar-refractivity contribution in [1.29, 1.82) is 0 Å². The van der Waals surface area contributed by atoms with E-state index in [4.69, 9.17) is 9.15 Å². The van der Waals surface area contributed by atoms with E-state index in [0.29, 0.717) is 11.5 Å². The molecule has 6 nitrogen and oxygen atoms in total. The van der Waals surface area contributed by atoms with Crippen LogP contribution in [0.3, 0.4) is 0 Å². The third-order valence-electron chi connectivity index (χ3n) is 2.97. The molecule has 0 aliphatic rings. The molecular weight excluding hydrogens is 304 g/mol. The Balaban J connectivity index is 1.76. The number of nitro groups is 1. The number of benzene rings is 1. The highest BCUT2D eigenvalue weighted by Gasteiger charge is 2.15. The minimum atomic E-state index is -0.454. The van der Waals surface area contributed by atoms with Crippen molar-refractivity contribution in [2.24, 2.45) is 0 Å². The average molecular weight is 316 g/mol. The molecule has 2 aromatic heterocycles. The number of hydrogen-bond donors (Lipinski definition) is 0. The molecule has 2 heterocycles. The predicted molar refractivity (Wildman–Crippen MR) is 82.0 cm³/mol. The molecule has 0 aliphatic heterocycles. The Morgan fingerprint density at radius 2 is 2.27 bits per heavy atom. The highest BCUT2D eigenvalue weighted by Crippen LogP contribution is 2.29. The van der Waals surface area contributed by atoms with Crippen LogP contribution in [0, 0.1) is 17.0 Å². The summed E-state index contributed by atoms with van der Waals surface area (Å²) >= 11 is 1.44. The first kappa shape index (κ1) is 14.3. The summed E-state index contributed by atoms with van der Waals surface area (Å²) in [6.45, 7) is 2.02. The van der Waals surface area contributed by atoms with E-state index in [0.717, 1.165) is 10.6 Å². The lowest BCUT2D eigenvalue weighted by molar-refractivity contribution is -0.386. The van der Waals surface area contributed by atoms with E-state index in [1.807, 2.05) is 18.4 Å². The van der Waals surface area contributed by atoms with Gasteiger partial charge in [0, 0.05) is 11.4 Å². The quantitative estimate of drug-likeness (QED) is 0.520. The Hall–Kier alpha value is -2.67. The maximum atomic E-state index is 11.0. The molecule has 0 bridgehead atoms. The van der Waals surface area contributed by atoms with Crippen molar-refractivity contribution in [3.63, 3.8) is 0 Å². The Morgan fingerprint density at radius 1 is 1.41 bits per heavy atom. The SMILES string of the molecule is Cc1ccc([N+](=O)[O-])c(OCc2csc(-c3ccco3)n2)c1. The summed E-state index contributed by atoms with van der Waals surface area (Å²) < 4.78 is 10.8. The molecule has 112 valence electrons. The first-order chi connectivity index (χ1) is 10.6. The zero-order valence-corrected chi connectivity index (χ0v) is 12.5. The largest absolute Gasteiger partial charge is 0.480 e. The van der Waals surface area contributed by atoms with E-state index in [9.17, 15) is 10.1 Å². The maximum absolute atomic E-state index is 11.0. The number of aryl methyl sites for hydroxylation is 1. The van der Waals surface area contributed by atoms with Crippen LogP contribution in [0.15, 0.2) is 46.4 Å². The molecule has 22 heavy (non-hydrogen) atoms. The average Bonchev–Trinajstić information content (AvgIpc) is 3.16. The summed E-state index contributed by atoms with van der Waals surface area (Å²) in [7, 11) is 0. The molecule has 0 aliphatic carbocycles. The lowest BCUT2D eigenvalue weighted by atomic mass is 10.2. The molecule has 0 spiro atoms. The monoisotopic (exact) mass is 316 g/mol. The van der Waals surface area contributed by atoms with Gasteiger partial charge in [-0.2, -0.15) is 0 Å². The Labute approximate surface area is 130 Å². The highest BCUT2D eigenvalue weighted by atomic mass is 32.1. The maximum Gasteiger partial charge on any atom is 0.310 e. The van der Waals surface area contributed by atoms with E-state index in [-0.39, 0.29) is 18.0 Å². The van der Waals surface area contributed by atoms with Gasteiger partial charge in [-0.3, -0.25) is 10.1 Å². The smallest absolute Gasteiger partial charge is 0.310 e. The number of thiazole rings is 1. The number of ether oxygens (including phenoxy) is 1. The topological polar surface area (TPSA) is 78.4 Å². The summed E-state index contributed by atoms with van der Waals surface area (Å²) in [4.78, 5) is 14.9. The van der Waals surface area contributed by atoms with Crippen molar-refractivity contribution in [3.05, 3.63) is 63.3 Å². The van der Waals surface area contributed by atoms with E-state index in [1.165, 1.54) is 17.4 Å². The number of hydrogen-bond acceptors (Lipinski definition) is 6. The number of rotatable bonds is 5. The zero-order valence-electron chi connectivity index (χ0n) is 11.7. The van der Waals surface area contributed by atoms with Crippen molar-refractivity contribution < 1.29 is 14.1 Å². The molecule has 0 amide bonds. The molecular formula is C15H12N2O4S. The van der Waals surface area contributed by atoms with Crippen LogP contribution in [0.4, 0.5) is 5.69 Å². The van der Waals surface area contributed by atoms with Crippen LogP contribution in [0.5, 0.6) is 5.75 Å². The van der Waals surface area contributed by atoms with E-state index < -0.39 is 4.92 Å². The van der Waals surface area contributed by atoms with E-state index >= 15 is 0 Å². The van der Waals surface area contributed by atoms with Gasteiger partial charge in [0.05, 0.1) is 16.9 Å². The van der Waals surface area contributed by atoms with Crippen LogP contribution >= 0.6 is 11.3 Å². The van der Waals surface area contributed by atoms with Gasteiger partial charge in [-0.15, -0.1) is 11.3 Å². The van der Waals surface area contributed by atoms with Gasteiger partial charge in [-0.05, 0) is 30.7 Å². The predicted octanol–water partition coefficient (Wildman–Crippen LogP) is 4.20. The van der Waals surface area contributed by atoms with Crippen LogP contribution in [0.2, 0.25) is 0 Å². The fraction of sp³-hybridized carbons (Fsp3) is 0.133. The molecule has 0 atom stereocenters. The summed E-state index contributed by atoms with van der Waals surface area (Å²) in [5.74, 6) is 0.940. The van der Waals surface area contributed by atoms with Crippen molar-refractivity contribution in [2.45, 2.75) is 13.5 Å². The molecule has 1 aromatic carbocycles. The van der Waals surface area contributed by atoms with Crippen LogP contribution in [0.1, 0.15) is 11.3 Å². The van der Waals surface area contributed by atoms with Gasteiger partial charge in [0.15, 0.2) is 16.5 Å². The van der Waals surface area contributed by atoms with Gasteiger partial charge in [0.25, 0.3) is 0 Å². The van der Waals surface area contributed by atoms with Gasteiger partial charge in [0.2, 0.25) is 0 Å². The van der Waals surface area contributed by atoms with Crippen molar-refractivity contribution >= 4 is 17.0 Å². The summed E-state index contributed by atoms with van der Waals surface area (Å²) in [6.07, 6.45) is 1.59. The minimum absolute atomic E-state index is 0.0490. The molecule has 3 rings (SSSR count). The first-order valence-electron chi connectivity index (χ1n) is 6.49. The van der Waals surface area contributed by atoms with Crippen molar-refractivity contribution in [1.82, 2.24) is 4.98 Å². The number of nitrogens with zero attached hydrogens (tertiary/aromatic N) is 2. The lowest BCUT2D eigenvalue weighted by Gasteiger charge is -2.05. The van der Waals surface area contributed by atoms with Gasteiger partial charge >= 0.3 is 5.69 Å². The molecule has 0 unspecified atom stereocenters. The Bertz CT molecular complexity index is 796. The van der Waals surface area contributed by atoms with E-state index in [2.05, 4.69) is 4.98 Å². The number of aromatic nitrogens is 1. The van der Waals surface area contributed by atoms with Crippen molar-refractivity contribution in [3.8, 4) is 16.5 Å². The molecule has 3 aromatic rings. The lowest BCUT2D eigenvalue weighted by Crippen LogP contribution is -1.99. The molecule has 0 saturated carbocycles. The van der Waals surface area contributed by atoms with Crippen LogP contribution in [-0.2, 0) is 6.61 Å². The van der Waals surface area contributed by atoms with Crippen molar-refractivity contribution in [2.75, 3.05) is 0 Å². The fourth-order valence-corrected chi connectivity index (χ4v) is 2.70. The fourth-order valence-electron chi connectivity index (χ4n) is 1.93. The van der Waals surface area contributed by atoms with Gasteiger partial charge < -0.3 is 9.15 Å². The molecule has 0 N–H and O–H groups in total. The Kier molecular flexibility index (Phi) is 3.88. The highest BCUT2D eigenvalue weighted by molar-refractivity contribution is 7.13. The number of nitro benzene ring substituents is 1. The summed E-state index contributed by atoms with van der Waals surface area (Å²) in [5, 5.41) is 13.6. The minimum Gasteiger partial charge on any atom is -0.480 e. The molecule has 7 heteroatoms. The normalized spacial score (nSPS) is 10.6. The third-order valence-corrected chi connectivity index (χ3v) is 3.88. The van der Waals surface area contributed by atoms with Crippen LogP contribution in [0.25, 0.3) is 10.8 Å². The summed E-state index contributed by atoms with van der Waals surface area (Å²) in [6, 6.07) is 8.40. The first-order valence-corrected chi connectivity index (χ1v) is 7.37. The standard InChI is InChI=1S/C15H12N2O4S/c1-10-4-5-12(17(18)19)14(7-10)21-8-11-9-22-15(16-11)13-3-2-6-20-13/h2-7,9H,8H2,1H3. The zero-order chi connectivity index (χ0) is 15.5. The second kappa shape index (κ2) is 5.98. The second-order valence-corrected chi connectivity index (χ2v) is 5.50. The summed E-state index contributed by atoms with van der Waals surface area (Å²) in [5.41, 5.74) is 1.55. The second-order valence-electron chi connectivity index (χ2n) is 4.64. The molecule has 0 saturated heterocycles. The molecule has 0 fully saturated rings. The third kappa shape index (κ3) is 2.99. The van der Waals surface area contributed by atoms with Gasteiger partial charge in [0.1, 0.15) is 6.61 Å². The van der Waals surface area contributed by atoms with Gasteiger partial charge in [-0.25, -0.2) is 4.98 Å². The van der Waals surface area contributed by atoms with Gasteiger partial charge in [-0.1, -0.05) is 6.07 Å². The van der Waals surface area contributed by atoms with Crippen LogP contribution in [-0.4, -0.2) is 9.91 Å². The molecule has 0 radical (unpaired) electrons. The Morgan fingerprint density at radius 3 is 3.00 bits per heavy atom. The van der Waals surface area contributed by atoms with Crippen LogP contribution < -0.4 is 4.74 Å².